The van der Waals surface area contributed by atoms with Gasteiger partial charge in [-0.1, -0.05) is 43.0 Å². The van der Waals surface area contributed by atoms with Crippen LogP contribution in [0.25, 0.3) is 11.1 Å². The van der Waals surface area contributed by atoms with Crippen LogP contribution in [0.4, 0.5) is 24.7 Å². The zero-order valence-corrected chi connectivity index (χ0v) is 21.0. The van der Waals surface area contributed by atoms with Crippen molar-refractivity contribution in [1.82, 2.24) is 10.3 Å². The van der Waals surface area contributed by atoms with Crippen molar-refractivity contribution >= 4 is 29.0 Å². The number of carbonyl (C=O) groups excluding carboxylic acids is 1. The zero-order valence-electron chi connectivity index (χ0n) is 20.2. The molecule has 1 saturated carbocycles. The summed E-state index contributed by atoms with van der Waals surface area (Å²) in [5.41, 5.74) is 2.29. The molecule has 0 spiro atoms. The van der Waals surface area contributed by atoms with Gasteiger partial charge in [0.15, 0.2) is 0 Å². The highest BCUT2D eigenvalue weighted by Crippen LogP contribution is 2.37. The smallest absolute Gasteiger partial charge is 0.367 e. The average molecular weight is 529 g/mol. The number of carbonyl (C=O) groups is 1. The first-order valence-electron chi connectivity index (χ1n) is 12.5. The monoisotopic (exact) mass is 528 g/mol. The number of nitrogens with one attached hydrogen (secondary N) is 2. The minimum atomic E-state index is -4.48. The van der Waals surface area contributed by atoms with Gasteiger partial charge in [-0.3, -0.25) is 4.79 Å². The van der Waals surface area contributed by atoms with Gasteiger partial charge in [0.1, 0.15) is 5.82 Å². The number of anilines is 2. The van der Waals surface area contributed by atoms with E-state index < -0.39 is 11.7 Å². The SMILES string of the molecule is O=C(NC1CCCCC1)c1cccc(-c2cnc3c(c2)N(Cc2cc(Cl)ccc2C(F)(F)F)CCN3)c1. The van der Waals surface area contributed by atoms with Gasteiger partial charge >= 0.3 is 6.18 Å². The normalized spacial score (nSPS) is 16.2. The third-order valence-electron chi connectivity index (χ3n) is 7.01. The lowest BCUT2D eigenvalue weighted by Gasteiger charge is -2.32. The lowest BCUT2D eigenvalue weighted by atomic mass is 9.95. The van der Waals surface area contributed by atoms with Crippen LogP contribution in [0, 0.1) is 0 Å². The predicted octanol–water partition coefficient (Wildman–Crippen LogP) is 6.92. The van der Waals surface area contributed by atoms with Crippen LogP contribution < -0.4 is 15.5 Å². The Morgan fingerprint density at radius 1 is 1.08 bits per heavy atom. The molecule has 0 bridgehead atoms. The molecule has 2 N–H and O–H groups in total. The summed E-state index contributed by atoms with van der Waals surface area (Å²) in [5, 5.41) is 6.63. The molecule has 5 nitrogen and oxygen atoms in total. The lowest BCUT2D eigenvalue weighted by molar-refractivity contribution is -0.138. The molecule has 3 aromatic rings. The van der Waals surface area contributed by atoms with Crippen LogP contribution in [0.5, 0.6) is 0 Å². The number of aromatic nitrogens is 1. The summed E-state index contributed by atoms with van der Waals surface area (Å²) in [6.07, 6.45) is 2.74. The molecule has 37 heavy (non-hydrogen) atoms. The summed E-state index contributed by atoms with van der Waals surface area (Å²) in [4.78, 5) is 19.3. The minimum Gasteiger partial charge on any atom is -0.367 e. The number of rotatable bonds is 5. The summed E-state index contributed by atoms with van der Waals surface area (Å²) >= 11 is 6.05. The van der Waals surface area contributed by atoms with Gasteiger partial charge in [0, 0.05) is 48.0 Å². The number of hydrogen-bond acceptors (Lipinski definition) is 4. The van der Waals surface area contributed by atoms with Crippen molar-refractivity contribution in [2.24, 2.45) is 0 Å². The second-order valence-electron chi connectivity index (χ2n) is 9.63. The van der Waals surface area contributed by atoms with Crippen LogP contribution in [-0.4, -0.2) is 30.0 Å². The highest BCUT2D eigenvalue weighted by Gasteiger charge is 2.34. The molecular weight excluding hydrogens is 501 g/mol. The van der Waals surface area contributed by atoms with Crippen molar-refractivity contribution in [3.8, 4) is 11.1 Å². The largest absolute Gasteiger partial charge is 0.416 e. The maximum absolute atomic E-state index is 13.6. The summed E-state index contributed by atoms with van der Waals surface area (Å²) in [5.74, 6) is 0.514. The summed E-state index contributed by atoms with van der Waals surface area (Å²) in [6.45, 7) is 1.10. The van der Waals surface area contributed by atoms with E-state index in [1.807, 2.05) is 29.2 Å². The summed E-state index contributed by atoms with van der Waals surface area (Å²) in [7, 11) is 0. The Morgan fingerprint density at radius 2 is 1.89 bits per heavy atom. The number of fused-ring (bicyclic) bond motifs is 1. The Bertz CT molecular complexity index is 1290. The zero-order chi connectivity index (χ0) is 26.0. The molecule has 1 fully saturated rings. The van der Waals surface area contributed by atoms with Crippen LogP contribution in [-0.2, 0) is 12.7 Å². The molecule has 1 aliphatic heterocycles. The molecule has 0 radical (unpaired) electrons. The van der Waals surface area contributed by atoms with Crippen LogP contribution in [0.2, 0.25) is 5.02 Å². The maximum Gasteiger partial charge on any atom is 0.416 e. The molecule has 1 aliphatic carbocycles. The van der Waals surface area contributed by atoms with Crippen LogP contribution in [0.3, 0.4) is 0 Å². The molecule has 0 atom stereocenters. The Balaban J connectivity index is 1.41. The summed E-state index contributed by atoms with van der Waals surface area (Å²) < 4.78 is 40.9. The van der Waals surface area contributed by atoms with Crippen molar-refractivity contribution in [3.63, 3.8) is 0 Å². The van der Waals surface area contributed by atoms with E-state index >= 15 is 0 Å². The fraction of sp³-hybridized carbons (Fsp3) is 0.357. The average Bonchev–Trinajstić information content (AvgIpc) is 2.89. The number of benzene rings is 2. The van der Waals surface area contributed by atoms with Crippen LogP contribution in [0.1, 0.15) is 53.6 Å². The molecule has 2 aliphatic rings. The molecule has 2 heterocycles. The third kappa shape index (κ3) is 5.85. The van der Waals surface area contributed by atoms with E-state index in [0.29, 0.717) is 30.2 Å². The van der Waals surface area contributed by atoms with Gasteiger partial charge in [-0.05, 0) is 60.4 Å². The van der Waals surface area contributed by atoms with Gasteiger partial charge in [0.2, 0.25) is 0 Å². The molecule has 194 valence electrons. The second-order valence-corrected chi connectivity index (χ2v) is 10.1. The molecule has 0 unspecified atom stereocenters. The topological polar surface area (TPSA) is 57.3 Å². The number of nitrogens with zero attached hydrogens (tertiary/aromatic N) is 2. The molecule has 1 amide bonds. The van der Waals surface area contributed by atoms with Crippen molar-refractivity contribution in [1.29, 1.82) is 0 Å². The Labute approximate surface area is 219 Å². The Hall–Kier alpha value is -3.26. The van der Waals surface area contributed by atoms with E-state index in [1.54, 1.807) is 12.3 Å². The highest BCUT2D eigenvalue weighted by molar-refractivity contribution is 6.30. The first-order valence-corrected chi connectivity index (χ1v) is 12.9. The van der Waals surface area contributed by atoms with Gasteiger partial charge < -0.3 is 15.5 Å². The van der Waals surface area contributed by atoms with Gasteiger partial charge in [-0.25, -0.2) is 4.98 Å². The van der Waals surface area contributed by atoms with Crippen LogP contribution in [0.15, 0.2) is 54.7 Å². The third-order valence-corrected chi connectivity index (χ3v) is 7.25. The quantitative estimate of drug-likeness (QED) is 0.377. The minimum absolute atomic E-state index is 0.0407. The number of alkyl halides is 3. The highest BCUT2D eigenvalue weighted by atomic mass is 35.5. The second kappa shape index (κ2) is 10.6. The number of amides is 1. The number of halogens is 4. The van der Waals surface area contributed by atoms with E-state index in [1.165, 1.54) is 18.6 Å². The van der Waals surface area contributed by atoms with E-state index in [2.05, 4.69) is 15.6 Å². The standard InChI is InChI=1S/C28H28ClF3N4O/c29-22-9-10-24(28(30,31)32)21(14-22)17-36-12-11-33-26-25(36)15-20(16-34-26)18-5-4-6-19(13-18)27(37)35-23-7-2-1-3-8-23/h4-6,9-10,13-16,23H,1-3,7-8,11-12,17H2,(H,33,34)(H,35,37). The van der Waals surface area contributed by atoms with Gasteiger partial charge in [-0.2, -0.15) is 13.2 Å². The number of pyridine rings is 1. The molecule has 5 rings (SSSR count). The molecule has 9 heteroatoms. The first-order chi connectivity index (χ1) is 17.8. The molecule has 1 aromatic heterocycles. The number of hydrogen-bond donors (Lipinski definition) is 2. The van der Waals surface area contributed by atoms with E-state index in [-0.39, 0.29) is 29.1 Å². The maximum atomic E-state index is 13.6. The van der Waals surface area contributed by atoms with Crippen molar-refractivity contribution < 1.29 is 18.0 Å². The van der Waals surface area contributed by atoms with E-state index in [9.17, 15) is 18.0 Å². The fourth-order valence-corrected chi connectivity index (χ4v) is 5.31. The molecular formula is C28H28ClF3N4O. The predicted molar refractivity (Wildman–Crippen MR) is 140 cm³/mol. The lowest BCUT2D eigenvalue weighted by Crippen LogP contribution is -2.36. The fourth-order valence-electron chi connectivity index (χ4n) is 5.11. The summed E-state index contributed by atoms with van der Waals surface area (Å²) in [6, 6.07) is 13.1. The van der Waals surface area contributed by atoms with Gasteiger partial charge in [-0.15, -0.1) is 0 Å². The van der Waals surface area contributed by atoms with Crippen molar-refractivity contribution in [2.45, 2.75) is 50.9 Å². The van der Waals surface area contributed by atoms with Crippen molar-refractivity contribution in [2.75, 3.05) is 23.3 Å². The van der Waals surface area contributed by atoms with Gasteiger partial charge in [0.25, 0.3) is 5.91 Å². The van der Waals surface area contributed by atoms with Gasteiger partial charge in [0.05, 0.1) is 11.3 Å². The Morgan fingerprint density at radius 3 is 2.68 bits per heavy atom. The molecule has 2 aromatic carbocycles. The first kappa shape index (κ1) is 25.4. The molecule has 0 saturated heterocycles. The van der Waals surface area contributed by atoms with Crippen LogP contribution >= 0.6 is 11.6 Å². The van der Waals surface area contributed by atoms with Crippen molar-refractivity contribution in [3.05, 3.63) is 76.4 Å². The Kier molecular flexibility index (Phi) is 7.29. The van der Waals surface area contributed by atoms with E-state index in [0.717, 1.165) is 42.9 Å². The van der Waals surface area contributed by atoms with E-state index in [4.69, 9.17) is 11.6 Å².